The van der Waals surface area contributed by atoms with Gasteiger partial charge in [0.1, 0.15) is 5.82 Å². The zero-order chi connectivity index (χ0) is 20.4. The maximum absolute atomic E-state index is 12.1. The first-order chi connectivity index (χ1) is 13.5. The first kappa shape index (κ1) is 22.0. The Hall–Kier alpha value is -2.29. The van der Waals surface area contributed by atoms with E-state index in [1.165, 1.54) is 0 Å². The van der Waals surface area contributed by atoms with E-state index in [1.54, 1.807) is 37.6 Å². The summed E-state index contributed by atoms with van der Waals surface area (Å²) < 4.78 is 5.98. The van der Waals surface area contributed by atoms with E-state index in [2.05, 4.69) is 36.4 Å². The van der Waals surface area contributed by atoms with E-state index in [0.29, 0.717) is 18.0 Å². The van der Waals surface area contributed by atoms with Crippen molar-refractivity contribution in [2.24, 2.45) is 0 Å². The third kappa shape index (κ3) is 7.75. The number of likely N-dealkylation sites (N-methyl/N-ethyl adjacent to an activating group) is 1. The van der Waals surface area contributed by atoms with E-state index < -0.39 is 0 Å². The van der Waals surface area contributed by atoms with Crippen LogP contribution < -0.4 is 10.6 Å². The number of halogens is 1. The normalized spacial score (nSPS) is 10.7. The van der Waals surface area contributed by atoms with Crippen LogP contribution in [0, 0.1) is 0 Å². The van der Waals surface area contributed by atoms with Crippen LogP contribution in [0.2, 0.25) is 0 Å². The molecule has 0 atom stereocenters. The maximum atomic E-state index is 12.1. The highest BCUT2D eigenvalue weighted by atomic mass is 79.9. The molecule has 2 amide bonds. The molecule has 1 heterocycles. The van der Waals surface area contributed by atoms with Gasteiger partial charge in [-0.1, -0.05) is 15.9 Å². The molecule has 2 N–H and O–H groups in total. The quantitative estimate of drug-likeness (QED) is 0.583. The van der Waals surface area contributed by atoms with Crippen molar-refractivity contribution in [3.05, 3.63) is 58.2 Å². The number of rotatable bonds is 10. The second kappa shape index (κ2) is 11.5. The molecule has 28 heavy (non-hydrogen) atoms. The summed E-state index contributed by atoms with van der Waals surface area (Å²) in [5.41, 5.74) is 1.60. The number of amides is 2. The first-order valence-corrected chi connectivity index (χ1v) is 9.73. The zero-order valence-electron chi connectivity index (χ0n) is 16.1. The van der Waals surface area contributed by atoms with E-state index in [4.69, 9.17) is 4.74 Å². The predicted octanol–water partition coefficient (Wildman–Crippen LogP) is 2.68. The molecule has 1 aromatic carbocycles. The van der Waals surface area contributed by atoms with Crippen molar-refractivity contribution in [3.8, 4) is 0 Å². The van der Waals surface area contributed by atoms with Crippen LogP contribution >= 0.6 is 15.9 Å². The standard InChI is InChI=1S/C20H25BrN4O3/c1-25(11-12-28-2)14-15-7-9-22-18(13-15)24-19(26)8-10-23-20(27)16-3-5-17(21)6-4-16/h3-7,9,13H,8,10-12,14H2,1-2H3,(H,23,27)(H,22,24,26). The van der Waals surface area contributed by atoms with E-state index in [-0.39, 0.29) is 24.8 Å². The van der Waals surface area contributed by atoms with Gasteiger partial charge in [0.05, 0.1) is 6.61 Å². The molecule has 8 heteroatoms. The summed E-state index contributed by atoms with van der Waals surface area (Å²) in [4.78, 5) is 30.5. The number of aromatic nitrogens is 1. The Balaban J connectivity index is 1.77. The van der Waals surface area contributed by atoms with Gasteiger partial charge >= 0.3 is 0 Å². The lowest BCUT2D eigenvalue weighted by atomic mass is 10.2. The number of carbonyl (C=O) groups excluding carboxylic acids is 2. The molecule has 0 aliphatic heterocycles. The van der Waals surface area contributed by atoms with Gasteiger partial charge in [0.25, 0.3) is 5.91 Å². The Bertz CT molecular complexity index is 783. The Kier molecular flexibility index (Phi) is 9.06. The highest BCUT2D eigenvalue weighted by Gasteiger charge is 2.08. The lowest BCUT2D eigenvalue weighted by molar-refractivity contribution is -0.116. The van der Waals surface area contributed by atoms with Gasteiger partial charge in [-0.25, -0.2) is 4.98 Å². The first-order valence-electron chi connectivity index (χ1n) is 8.94. The average molecular weight is 449 g/mol. The van der Waals surface area contributed by atoms with Gasteiger partial charge in [-0.15, -0.1) is 0 Å². The molecule has 150 valence electrons. The fourth-order valence-electron chi connectivity index (χ4n) is 2.48. The topological polar surface area (TPSA) is 83.6 Å². The molecular weight excluding hydrogens is 424 g/mol. The molecule has 0 aliphatic carbocycles. The number of benzene rings is 1. The second-order valence-corrected chi connectivity index (χ2v) is 7.26. The number of anilines is 1. The van der Waals surface area contributed by atoms with E-state index in [1.807, 2.05) is 19.2 Å². The van der Waals surface area contributed by atoms with Crippen molar-refractivity contribution >= 4 is 33.6 Å². The number of nitrogens with zero attached hydrogens (tertiary/aromatic N) is 2. The molecule has 0 unspecified atom stereocenters. The number of nitrogens with one attached hydrogen (secondary N) is 2. The predicted molar refractivity (Wildman–Crippen MR) is 112 cm³/mol. The maximum Gasteiger partial charge on any atom is 0.251 e. The van der Waals surface area contributed by atoms with Crippen LogP contribution in [0.4, 0.5) is 5.82 Å². The van der Waals surface area contributed by atoms with E-state index >= 15 is 0 Å². The molecule has 0 fully saturated rings. The molecule has 2 rings (SSSR count). The van der Waals surface area contributed by atoms with Crippen LogP contribution in [0.1, 0.15) is 22.3 Å². The van der Waals surface area contributed by atoms with Crippen LogP contribution in [-0.2, 0) is 16.1 Å². The lowest BCUT2D eigenvalue weighted by Gasteiger charge is -2.16. The third-order valence-corrected chi connectivity index (χ3v) is 4.49. The summed E-state index contributed by atoms with van der Waals surface area (Å²) in [6.07, 6.45) is 1.84. The van der Waals surface area contributed by atoms with Crippen LogP contribution in [0.15, 0.2) is 47.1 Å². The van der Waals surface area contributed by atoms with Crippen molar-refractivity contribution in [1.29, 1.82) is 0 Å². The number of hydrogen-bond acceptors (Lipinski definition) is 5. The molecule has 0 aliphatic rings. The molecule has 1 aromatic heterocycles. The van der Waals surface area contributed by atoms with Crippen LogP contribution in [0.25, 0.3) is 0 Å². The number of hydrogen-bond donors (Lipinski definition) is 2. The SMILES string of the molecule is COCCN(C)Cc1ccnc(NC(=O)CCNC(=O)c2ccc(Br)cc2)c1. The number of methoxy groups -OCH3 is 1. The van der Waals surface area contributed by atoms with Gasteiger partial charge < -0.3 is 15.4 Å². The monoisotopic (exact) mass is 448 g/mol. The van der Waals surface area contributed by atoms with Crippen molar-refractivity contribution < 1.29 is 14.3 Å². The molecule has 0 spiro atoms. The number of ether oxygens (including phenoxy) is 1. The highest BCUT2D eigenvalue weighted by molar-refractivity contribution is 9.10. The van der Waals surface area contributed by atoms with Crippen molar-refractivity contribution in [1.82, 2.24) is 15.2 Å². The summed E-state index contributed by atoms with van der Waals surface area (Å²) in [6, 6.07) is 10.8. The summed E-state index contributed by atoms with van der Waals surface area (Å²) in [6.45, 7) is 2.47. The molecule has 0 saturated heterocycles. The largest absolute Gasteiger partial charge is 0.383 e. The molecule has 0 bridgehead atoms. The van der Waals surface area contributed by atoms with Gasteiger partial charge in [0.2, 0.25) is 5.91 Å². The summed E-state index contributed by atoms with van der Waals surface area (Å²) in [5.74, 6) is 0.0925. The zero-order valence-corrected chi connectivity index (χ0v) is 17.7. The summed E-state index contributed by atoms with van der Waals surface area (Å²) in [5, 5.41) is 5.51. The molecule has 0 saturated carbocycles. The van der Waals surface area contributed by atoms with Crippen LogP contribution in [0.5, 0.6) is 0 Å². The van der Waals surface area contributed by atoms with E-state index in [9.17, 15) is 9.59 Å². The fraction of sp³-hybridized carbons (Fsp3) is 0.350. The highest BCUT2D eigenvalue weighted by Crippen LogP contribution is 2.11. The van der Waals surface area contributed by atoms with Gasteiger partial charge in [-0.3, -0.25) is 14.5 Å². The minimum Gasteiger partial charge on any atom is -0.383 e. The Labute approximate surface area is 173 Å². The number of carbonyl (C=O) groups is 2. The van der Waals surface area contributed by atoms with E-state index in [0.717, 1.165) is 23.1 Å². The minimum atomic E-state index is -0.209. The fourth-order valence-corrected chi connectivity index (χ4v) is 2.74. The Morgan fingerprint density at radius 3 is 2.68 bits per heavy atom. The summed E-state index contributed by atoms with van der Waals surface area (Å²) >= 11 is 3.33. The van der Waals surface area contributed by atoms with Gasteiger partial charge in [-0.05, 0) is 49.0 Å². The minimum absolute atomic E-state index is 0.169. The molecular formula is C20H25BrN4O3. The van der Waals surface area contributed by atoms with Crippen LogP contribution in [-0.4, -0.2) is 55.6 Å². The summed E-state index contributed by atoms with van der Waals surface area (Å²) in [7, 11) is 3.68. The van der Waals surface area contributed by atoms with Gasteiger partial charge in [-0.2, -0.15) is 0 Å². The Morgan fingerprint density at radius 1 is 1.21 bits per heavy atom. The Morgan fingerprint density at radius 2 is 1.96 bits per heavy atom. The molecule has 2 aromatic rings. The molecule has 7 nitrogen and oxygen atoms in total. The van der Waals surface area contributed by atoms with Gasteiger partial charge in [0.15, 0.2) is 0 Å². The van der Waals surface area contributed by atoms with Crippen molar-refractivity contribution in [2.45, 2.75) is 13.0 Å². The van der Waals surface area contributed by atoms with Gasteiger partial charge in [0, 0.05) is 49.4 Å². The molecule has 0 radical (unpaired) electrons. The second-order valence-electron chi connectivity index (χ2n) is 6.34. The van der Waals surface area contributed by atoms with Crippen molar-refractivity contribution in [3.63, 3.8) is 0 Å². The average Bonchev–Trinajstić information content (AvgIpc) is 2.67. The number of pyridine rings is 1. The lowest BCUT2D eigenvalue weighted by Crippen LogP contribution is -2.27. The smallest absolute Gasteiger partial charge is 0.251 e. The third-order valence-electron chi connectivity index (χ3n) is 3.97. The van der Waals surface area contributed by atoms with Crippen molar-refractivity contribution in [2.75, 3.05) is 39.2 Å². The van der Waals surface area contributed by atoms with Crippen LogP contribution in [0.3, 0.4) is 0 Å².